The van der Waals surface area contributed by atoms with Crippen molar-refractivity contribution >= 4 is 33.4 Å². The van der Waals surface area contributed by atoms with Gasteiger partial charge in [-0.1, -0.05) is 0 Å². The van der Waals surface area contributed by atoms with Crippen molar-refractivity contribution in [2.75, 3.05) is 0 Å². The quantitative estimate of drug-likeness (QED) is 0.183. The van der Waals surface area contributed by atoms with Crippen LogP contribution in [0.2, 0.25) is 0 Å². The van der Waals surface area contributed by atoms with Crippen molar-refractivity contribution in [1.82, 2.24) is 9.38 Å². The first-order chi connectivity index (χ1) is 10.1. The van der Waals surface area contributed by atoms with Gasteiger partial charge in [0.2, 0.25) is 0 Å². The summed E-state index contributed by atoms with van der Waals surface area (Å²) in [6, 6.07) is 12.6. The number of aryl methyl sites for hydroxylation is 1. The molecule has 1 aromatic carbocycles. The maximum Gasteiger partial charge on any atom is 0.349 e. The van der Waals surface area contributed by atoms with E-state index in [0.717, 1.165) is 27.7 Å². The summed E-state index contributed by atoms with van der Waals surface area (Å²) in [6.07, 6.45) is 1.95. The largest absolute Gasteiger partial charge is 1.00 e. The van der Waals surface area contributed by atoms with Gasteiger partial charge in [-0.25, -0.2) is 4.57 Å². The summed E-state index contributed by atoms with van der Waals surface area (Å²) in [5, 5.41) is 11.7. The van der Waals surface area contributed by atoms with Gasteiger partial charge in [-0.2, -0.15) is 0 Å². The van der Waals surface area contributed by atoms with Crippen LogP contribution in [0.25, 0.3) is 27.7 Å². The number of non-ortho nitro benzene ring substituents is 1. The van der Waals surface area contributed by atoms with Gasteiger partial charge in [-0.15, -0.1) is 0 Å². The number of rotatable bonds is 1. The van der Waals surface area contributed by atoms with Crippen molar-refractivity contribution in [3.05, 3.63) is 58.8 Å². The second-order valence-corrected chi connectivity index (χ2v) is 4.97. The fraction of sp³-hybridized carbons (Fsp3) is 0.0667. The summed E-state index contributed by atoms with van der Waals surface area (Å²) in [6.45, 7) is 0. The number of aromatic nitrogens is 3. The Bertz CT molecular complexity index is 1040. The molecule has 0 atom stereocenters. The molecule has 0 amide bonds. The lowest BCUT2D eigenvalue weighted by atomic mass is 10.2. The number of nitro benzene ring substituents is 1. The molecule has 22 heavy (non-hydrogen) atoms. The van der Waals surface area contributed by atoms with E-state index >= 15 is 0 Å². The molecule has 7 heteroatoms. The zero-order valence-electron chi connectivity index (χ0n) is 11.6. The van der Waals surface area contributed by atoms with Crippen LogP contribution in [0.4, 0.5) is 5.69 Å². The molecule has 0 aliphatic heterocycles. The lowest BCUT2D eigenvalue weighted by Gasteiger charge is -2.01. The van der Waals surface area contributed by atoms with Crippen LogP contribution in [0, 0.1) is 10.1 Å². The minimum Gasteiger partial charge on any atom is -1.00 e. The monoisotopic (exact) mass is 406 g/mol. The molecule has 0 N–H and O–H groups in total. The Labute approximate surface area is 142 Å². The molecule has 3 heterocycles. The Morgan fingerprint density at radius 2 is 2.00 bits per heavy atom. The molecule has 6 nitrogen and oxygen atoms in total. The van der Waals surface area contributed by atoms with E-state index in [1.807, 2.05) is 46.5 Å². The van der Waals surface area contributed by atoms with Gasteiger partial charge in [-0.05, 0) is 29.2 Å². The van der Waals surface area contributed by atoms with E-state index in [9.17, 15) is 10.1 Å². The average Bonchev–Trinajstić information content (AvgIpc) is 2.87. The van der Waals surface area contributed by atoms with Gasteiger partial charge in [0.15, 0.2) is 0 Å². The van der Waals surface area contributed by atoms with E-state index < -0.39 is 0 Å². The lowest BCUT2D eigenvalue weighted by Crippen LogP contribution is -3.00. The van der Waals surface area contributed by atoms with E-state index in [4.69, 9.17) is 0 Å². The Morgan fingerprint density at radius 3 is 2.77 bits per heavy atom. The Balaban J connectivity index is 0.00000144. The number of hydrogen-bond acceptors (Lipinski definition) is 3. The average molecular weight is 406 g/mol. The first-order valence-corrected chi connectivity index (χ1v) is 6.49. The van der Waals surface area contributed by atoms with E-state index in [1.165, 1.54) is 6.07 Å². The van der Waals surface area contributed by atoms with Gasteiger partial charge in [0, 0.05) is 23.6 Å². The first-order valence-electron chi connectivity index (χ1n) is 6.49. The first kappa shape index (κ1) is 14.6. The molecule has 0 fully saturated rings. The molecule has 4 rings (SSSR count). The highest BCUT2D eigenvalue weighted by molar-refractivity contribution is 5.89. The second kappa shape index (κ2) is 5.16. The summed E-state index contributed by atoms with van der Waals surface area (Å²) in [5.74, 6) is 0. The van der Waals surface area contributed by atoms with Crippen molar-refractivity contribution in [2.24, 2.45) is 7.05 Å². The van der Waals surface area contributed by atoms with Crippen molar-refractivity contribution < 1.29 is 33.5 Å². The summed E-state index contributed by atoms with van der Waals surface area (Å²) in [7, 11) is 1.95. The smallest absolute Gasteiger partial charge is 0.349 e. The number of halogens is 1. The van der Waals surface area contributed by atoms with Crippen LogP contribution in [0.3, 0.4) is 0 Å². The topological polar surface area (TPSA) is 64.3 Å². The summed E-state index contributed by atoms with van der Waals surface area (Å²) in [4.78, 5) is 15.1. The van der Waals surface area contributed by atoms with Gasteiger partial charge in [0.1, 0.15) is 5.52 Å². The third-order valence-corrected chi connectivity index (χ3v) is 3.69. The maximum atomic E-state index is 10.9. The van der Waals surface area contributed by atoms with Crippen LogP contribution < -0.4 is 28.5 Å². The minimum atomic E-state index is -0.379. The predicted molar refractivity (Wildman–Crippen MR) is 78.0 cm³/mol. The molecule has 0 bridgehead atoms. The summed E-state index contributed by atoms with van der Waals surface area (Å²) < 4.78 is 3.98. The molecule has 0 aliphatic carbocycles. The number of hydrogen-bond donors (Lipinski definition) is 0. The zero-order chi connectivity index (χ0) is 14.6. The maximum absolute atomic E-state index is 10.9. The molecule has 0 saturated carbocycles. The molecule has 4 aromatic rings. The number of nitrogens with zero attached hydrogens (tertiary/aromatic N) is 4. The molecular formula is C15H11IN4O2. The van der Waals surface area contributed by atoms with E-state index in [2.05, 4.69) is 4.98 Å². The van der Waals surface area contributed by atoms with Crippen LogP contribution in [-0.4, -0.2) is 14.3 Å². The van der Waals surface area contributed by atoms with Gasteiger partial charge in [0.05, 0.1) is 23.7 Å². The zero-order valence-corrected chi connectivity index (χ0v) is 13.8. The van der Waals surface area contributed by atoms with Crippen molar-refractivity contribution in [1.29, 1.82) is 0 Å². The molecule has 0 saturated heterocycles. The number of benzene rings is 1. The fourth-order valence-corrected chi connectivity index (χ4v) is 2.70. The van der Waals surface area contributed by atoms with Gasteiger partial charge in [-0.3, -0.25) is 14.5 Å². The van der Waals surface area contributed by atoms with Crippen molar-refractivity contribution in [3.63, 3.8) is 0 Å². The highest BCUT2D eigenvalue weighted by Gasteiger charge is 2.17. The molecular weight excluding hydrogens is 395 g/mol. The summed E-state index contributed by atoms with van der Waals surface area (Å²) >= 11 is 0. The third kappa shape index (κ3) is 2.00. The van der Waals surface area contributed by atoms with Crippen molar-refractivity contribution in [2.45, 2.75) is 0 Å². The fourth-order valence-electron chi connectivity index (χ4n) is 2.70. The second-order valence-electron chi connectivity index (χ2n) is 4.97. The van der Waals surface area contributed by atoms with Crippen LogP contribution in [0.5, 0.6) is 0 Å². The number of nitro groups is 1. The number of pyridine rings is 2. The summed E-state index contributed by atoms with van der Waals surface area (Å²) in [5.41, 5.74) is 3.69. The predicted octanol–water partition coefficient (Wildman–Crippen LogP) is -0.623. The van der Waals surface area contributed by atoms with Gasteiger partial charge in [0.25, 0.3) is 11.3 Å². The van der Waals surface area contributed by atoms with E-state index in [0.29, 0.717) is 0 Å². The van der Waals surface area contributed by atoms with Crippen LogP contribution >= 0.6 is 0 Å². The third-order valence-electron chi connectivity index (χ3n) is 3.69. The lowest BCUT2D eigenvalue weighted by molar-refractivity contribution is -0.646. The Hall–Kier alpha value is -2.29. The number of fused-ring (bicyclic) bond motifs is 5. The molecule has 0 aliphatic rings. The van der Waals surface area contributed by atoms with E-state index in [-0.39, 0.29) is 34.6 Å². The van der Waals surface area contributed by atoms with Crippen LogP contribution in [0.15, 0.2) is 48.7 Å². The standard InChI is InChI=1S/C15H11N4O2.HI/c1-17-8-2-3-13-15(17)16-14-7-4-10-9-11(19(20)21)5-6-12(10)18(13)14;/h2-9H,1H3;1H/q+1;/p-1. The highest BCUT2D eigenvalue weighted by Crippen LogP contribution is 2.24. The molecule has 0 spiro atoms. The van der Waals surface area contributed by atoms with E-state index in [1.54, 1.807) is 12.1 Å². The normalized spacial score (nSPS) is 11.0. The SMILES string of the molecule is C[n+]1cccc2c1nc1ccc3cc([N+](=O)[O-])ccc3n12.[I-]. The van der Waals surface area contributed by atoms with Crippen molar-refractivity contribution in [3.8, 4) is 0 Å². The molecule has 0 unspecified atom stereocenters. The molecule has 110 valence electrons. The Morgan fingerprint density at radius 1 is 1.18 bits per heavy atom. The van der Waals surface area contributed by atoms with Gasteiger partial charge >= 0.3 is 5.65 Å². The number of imidazole rings is 1. The molecule has 3 aromatic heterocycles. The Kier molecular flexibility index (Phi) is 3.44. The molecule has 0 radical (unpaired) electrons. The van der Waals surface area contributed by atoms with Gasteiger partial charge < -0.3 is 24.0 Å². The van der Waals surface area contributed by atoms with Crippen LogP contribution in [0.1, 0.15) is 0 Å². The minimum absolute atomic E-state index is 0. The highest BCUT2D eigenvalue weighted by atomic mass is 127. The van der Waals surface area contributed by atoms with Crippen LogP contribution in [-0.2, 0) is 7.05 Å².